The SMILES string of the molecule is CC1(C)c2ccccc2N2c3cc4ccccc4c(-c4ccc(-c5ccccc5)c5c4Nc4cccc6c4C5(C)c4ccccc4-6)c3Bc3cccc1c32. The van der Waals surface area contributed by atoms with Gasteiger partial charge in [0.1, 0.15) is 0 Å². The van der Waals surface area contributed by atoms with Crippen molar-refractivity contribution in [1.82, 2.24) is 0 Å². The van der Waals surface area contributed by atoms with Gasteiger partial charge in [-0.2, -0.15) is 0 Å². The summed E-state index contributed by atoms with van der Waals surface area (Å²) in [7, 11) is 0.865. The van der Waals surface area contributed by atoms with E-state index in [1.807, 2.05) is 0 Å². The van der Waals surface area contributed by atoms with Crippen LogP contribution in [0.2, 0.25) is 0 Å². The lowest BCUT2D eigenvalue weighted by Gasteiger charge is -2.46. The Balaban J connectivity index is 1.21. The molecule has 0 saturated heterocycles. The first-order valence-electron chi connectivity index (χ1n) is 19.2. The Hall–Kier alpha value is -6.32. The van der Waals surface area contributed by atoms with Gasteiger partial charge in [-0.25, -0.2) is 0 Å². The van der Waals surface area contributed by atoms with Gasteiger partial charge in [0.15, 0.2) is 7.28 Å². The summed E-state index contributed by atoms with van der Waals surface area (Å²) in [5.41, 5.74) is 23.2. The van der Waals surface area contributed by atoms with E-state index in [1.54, 1.807) is 0 Å². The number of hydrogen-bond acceptors (Lipinski definition) is 2. The van der Waals surface area contributed by atoms with Crippen LogP contribution in [0.15, 0.2) is 158 Å². The first-order valence-corrected chi connectivity index (χ1v) is 19.2. The van der Waals surface area contributed by atoms with Gasteiger partial charge in [-0.05, 0) is 97.0 Å². The number of rotatable bonds is 2. The number of anilines is 5. The lowest BCUT2D eigenvalue weighted by atomic mass is 9.55. The molecule has 1 atom stereocenters. The summed E-state index contributed by atoms with van der Waals surface area (Å²) in [6, 6.07) is 59.2. The van der Waals surface area contributed by atoms with Crippen molar-refractivity contribution in [3.05, 3.63) is 186 Å². The third-order valence-electron chi connectivity index (χ3n) is 13.2. The van der Waals surface area contributed by atoms with Gasteiger partial charge in [-0.15, -0.1) is 0 Å². The van der Waals surface area contributed by atoms with Crippen LogP contribution in [-0.2, 0) is 10.8 Å². The molecule has 0 amide bonds. The monoisotopic (exact) mass is 688 g/mol. The van der Waals surface area contributed by atoms with Crippen molar-refractivity contribution in [3.8, 4) is 33.4 Å². The highest BCUT2D eigenvalue weighted by molar-refractivity contribution is 6.74. The molecule has 0 radical (unpaired) electrons. The van der Waals surface area contributed by atoms with Gasteiger partial charge in [0.05, 0.1) is 11.4 Å². The van der Waals surface area contributed by atoms with Gasteiger partial charge in [0, 0.05) is 33.5 Å². The Labute approximate surface area is 317 Å². The van der Waals surface area contributed by atoms with Crippen LogP contribution in [0.25, 0.3) is 44.2 Å². The zero-order valence-corrected chi connectivity index (χ0v) is 30.7. The Kier molecular flexibility index (Phi) is 5.82. The number of nitrogens with zero attached hydrogens (tertiary/aromatic N) is 1. The molecule has 8 aromatic rings. The quantitative estimate of drug-likeness (QED) is 0.182. The smallest absolute Gasteiger partial charge is 0.198 e. The van der Waals surface area contributed by atoms with E-state index in [9.17, 15) is 0 Å². The molecule has 0 aromatic heterocycles. The molecule has 1 aliphatic carbocycles. The molecule has 54 heavy (non-hydrogen) atoms. The summed E-state index contributed by atoms with van der Waals surface area (Å²) in [6.07, 6.45) is 0. The molecule has 3 heterocycles. The van der Waals surface area contributed by atoms with Crippen LogP contribution in [-0.4, -0.2) is 7.28 Å². The number of fused-ring (bicyclic) bond motifs is 10. The van der Waals surface area contributed by atoms with Gasteiger partial charge in [-0.3, -0.25) is 0 Å². The minimum atomic E-state index is -0.353. The predicted octanol–water partition coefficient (Wildman–Crippen LogP) is 11.4. The fraction of sp³-hybridized carbons (Fsp3) is 0.0980. The molecule has 8 aromatic carbocycles. The molecule has 4 aliphatic rings. The van der Waals surface area contributed by atoms with Crippen LogP contribution in [0.5, 0.6) is 0 Å². The van der Waals surface area contributed by atoms with E-state index in [0.717, 1.165) is 7.28 Å². The van der Waals surface area contributed by atoms with E-state index in [1.165, 1.54) is 111 Å². The lowest BCUT2D eigenvalue weighted by Crippen LogP contribution is -2.45. The summed E-state index contributed by atoms with van der Waals surface area (Å²) in [6.45, 7) is 7.24. The normalized spacial score (nSPS) is 17.3. The summed E-state index contributed by atoms with van der Waals surface area (Å²) < 4.78 is 0. The highest BCUT2D eigenvalue weighted by Gasteiger charge is 2.48. The zero-order valence-electron chi connectivity index (χ0n) is 30.7. The van der Waals surface area contributed by atoms with Crippen LogP contribution in [0.4, 0.5) is 28.4 Å². The predicted molar refractivity (Wildman–Crippen MR) is 229 cm³/mol. The van der Waals surface area contributed by atoms with E-state index in [0.29, 0.717) is 0 Å². The maximum atomic E-state index is 4.14. The van der Waals surface area contributed by atoms with Crippen LogP contribution >= 0.6 is 0 Å². The van der Waals surface area contributed by atoms with Gasteiger partial charge < -0.3 is 10.2 Å². The Morgan fingerprint density at radius 1 is 0.537 bits per heavy atom. The zero-order chi connectivity index (χ0) is 35.9. The van der Waals surface area contributed by atoms with Crippen molar-refractivity contribution in [3.63, 3.8) is 0 Å². The molecule has 1 N–H and O–H groups in total. The second-order valence-corrected chi connectivity index (χ2v) is 16.2. The molecule has 0 spiro atoms. The first-order chi connectivity index (χ1) is 26.4. The Bertz CT molecular complexity index is 2940. The van der Waals surface area contributed by atoms with Crippen LogP contribution in [0.1, 0.15) is 48.6 Å². The van der Waals surface area contributed by atoms with Crippen LogP contribution in [0, 0.1) is 0 Å². The molecule has 3 aliphatic heterocycles. The highest BCUT2D eigenvalue weighted by atomic mass is 15.2. The molecule has 12 rings (SSSR count). The van der Waals surface area contributed by atoms with Gasteiger partial charge in [0.2, 0.25) is 0 Å². The molecule has 2 nitrogen and oxygen atoms in total. The molecule has 0 bridgehead atoms. The van der Waals surface area contributed by atoms with E-state index >= 15 is 0 Å². The standard InChI is InChI=1S/C51H37BN2/c1-50(2)38-22-11-12-26-42(38)54-43-29-31-17-7-8-18-32(31)44(47(43)52-40-24-14-23-39(50)49(40)54)36-28-27-33(30-15-5-4-6-16-30)46-48(36)53-41-25-13-20-35-34-19-9-10-21-37(34)51(46,3)45(35)41/h4-29,52-53H,1-3H3. The molecular formula is C51H37BN2. The number of nitrogens with one attached hydrogen (secondary N) is 1. The summed E-state index contributed by atoms with van der Waals surface area (Å²) in [5.74, 6) is 0. The topological polar surface area (TPSA) is 15.3 Å². The summed E-state index contributed by atoms with van der Waals surface area (Å²) in [5, 5.41) is 6.68. The van der Waals surface area contributed by atoms with E-state index in [4.69, 9.17) is 0 Å². The maximum Gasteiger partial charge on any atom is 0.198 e. The molecule has 0 fully saturated rings. The third-order valence-corrected chi connectivity index (χ3v) is 13.2. The highest BCUT2D eigenvalue weighted by Crippen LogP contribution is 2.62. The molecule has 0 saturated carbocycles. The van der Waals surface area contributed by atoms with Gasteiger partial charge in [-0.1, -0.05) is 159 Å². The fourth-order valence-corrected chi connectivity index (χ4v) is 10.9. The summed E-state index contributed by atoms with van der Waals surface area (Å²) >= 11 is 0. The van der Waals surface area contributed by atoms with Crippen molar-refractivity contribution in [1.29, 1.82) is 0 Å². The van der Waals surface area contributed by atoms with Crippen molar-refractivity contribution < 1.29 is 0 Å². The average Bonchev–Trinajstić information content (AvgIpc) is 3.48. The van der Waals surface area contributed by atoms with Gasteiger partial charge >= 0.3 is 0 Å². The molecule has 3 heteroatoms. The van der Waals surface area contributed by atoms with Crippen LogP contribution < -0.4 is 21.1 Å². The second-order valence-electron chi connectivity index (χ2n) is 16.2. The number of hydrogen-bond donors (Lipinski definition) is 1. The van der Waals surface area contributed by atoms with Crippen molar-refractivity contribution in [2.24, 2.45) is 0 Å². The number of benzene rings is 8. The number of para-hydroxylation sites is 2. The minimum absolute atomic E-state index is 0.106. The first kappa shape index (κ1) is 30.2. The second kappa shape index (κ2) is 10.4. The maximum absolute atomic E-state index is 4.14. The average molecular weight is 689 g/mol. The molecular weight excluding hydrogens is 651 g/mol. The largest absolute Gasteiger partial charge is 0.354 e. The molecule has 254 valence electrons. The van der Waals surface area contributed by atoms with Crippen molar-refractivity contribution in [2.45, 2.75) is 31.6 Å². The molecule has 1 unspecified atom stereocenters. The van der Waals surface area contributed by atoms with Crippen molar-refractivity contribution >= 4 is 57.4 Å². The van der Waals surface area contributed by atoms with E-state index in [-0.39, 0.29) is 10.8 Å². The minimum Gasteiger partial charge on any atom is -0.354 e. The van der Waals surface area contributed by atoms with Gasteiger partial charge in [0.25, 0.3) is 0 Å². The lowest BCUT2D eigenvalue weighted by molar-refractivity contribution is 0.632. The Morgan fingerprint density at radius 2 is 1.24 bits per heavy atom. The Morgan fingerprint density at radius 3 is 2.13 bits per heavy atom. The summed E-state index contributed by atoms with van der Waals surface area (Å²) in [4.78, 5) is 2.59. The van der Waals surface area contributed by atoms with E-state index in [2.05, 4.69) is 189 Å². The van der Waals surface area contributed by atoms with Crippen molar-refractivity contribution in [2.75, 3.05) is 10.2 Å². The fourth-order valence-electron chi connectivity index (χ4n) is 10.9. The third kappa shape index (κ3) is 3.67. The van der Waals surface area contributed by atoms with Crippen LogP contribution in [0.3, 0.4) is 0 Å². The van der Waals surface area contributed by atoms with E-state index < -0.39 is 0 Å².